The lowest BCUT2D eigenvalue weighted by atomic mass is 9.93. The number of rotatable bonds is 4. The summed E-state index contributed by atoms with van der Waals surface area (Å²) in [6, 6.07) is 48.9. The lowest BCUT2D eigenvalue weighted by Gasteiger charge is -2.11. The van der Waals surface area contributed by atoms with Gasteiger partial charge in [-0.25, -0.2) is 9.97 Å². The Hall–Kier alpha value is -5.16. The van der Waals surface area contributed by atoms with Crippen molar-refractivity contribution in [3.05, 3.63) is 144 Å². The number of thiazole rings is 2. The van der Waals surface area contributed by atoms with Crippen molar-refractivity contribution in [2.45, 2.75) is 0 Å². The molecule has 0 aliphatic heterocycles. The van der Waals surface area contributed by atoms with Crippen molar-refractivity contribution < 1.29 is 0 Å². The minimum absolute atomic E-state index is 1.06. The smallest absolute Gasteiger partial charge is 0.0812 e. The first-order valence-electron chi connectivity index (χ1n) is 14.6. The third kappa shape index (κ3) is 4.39. The highest BCUT2D eigenvalue weighted by Crippen LogP contribution is 2.35. The van der Waals surface area contributed by atoms with Crippen LogP contribution in [0.15, 0.2) is 144 Å². The summed E-state index contributed by atoms with van der Waals surface area (Å²) in [6.45, 7) is 0. The van der Waals surface area contributed by atoms with Crippen LogP contribution in [0.25, 0.3) is 86.5 Å². The molecule has 0 unspecified atom stereocenters. The summed E-state index contributed by atoms with van der Waals surface area (Å²) in [5.41, 5.74) is 15.7. The van der Waals surface area contributed by atoms with Crippen molar-refractivity contribution in [1.82, 2.24) is 9.97 Å². The van der Waals surface area contributed by atoms with E-state index in [1.807, 2.05) is 11.0 Å². The van der Waals surface area contributed by atoms with Gasteiger partial charge in [-0.1, -0.05) is 84.9 Å². The predicted octanol–water partition coefficient (Wildman–Crippen LogP) is 11.9. The molecule has 9 rings (SSSR count). The summed E-state index contributed by atoms with van der Waals surface area (Å²) in [4.78, 5) is 8.86. The molecule has 2 aromatic heterocycles. The van der Waals surface area contributed by atoms with E-state index in [1.54, 1.807) is 22.7 Å². The van der Waals surface area contributed by atoms with E-state index < -0.39 is 0 Å². The Bertz CT molecular complexity index is 2340. The van der Waals surface area contributed by atoms with Gasteiger partial charge in [-0.15, -0.1) is 22.7 Å². The fourth-order valence-electron chi connectivity index (χ4n) is 6.26. The van der Waals surface area contributed by atoms with Crippen LogP contribution in [0, 0.1) is 0 Å². The highest BCUT2D eigenvalue weighted by atomic mass is 32.1. The second kappa shape index (κ2) is 10.2. The number of hydrogen-bond donors (Lipinski definition) is 0. The van der Waals surface area contributed by atoms with E-state index in [1.165, 1.54) is 75.5 Å². The molecule has 0 saturated carbocycles. The van der Waals surface area contributed by atoms with E-state index in [0.29, 0.717) is 0 Å². The zero-order valence-corrected chi connectivity index (χ0v) is 25.2. The Morgan fingerprint density at radius 2 is 0.727 bits per heavy atom. The van der Waals surface area contributed by atoms with Gasteiger partial charge in [0.25, 0.3) is 0 Å². The van der Waals surface area contributed by atoms with Gasteiger partial charge >= 0.3 is 0 Å². The first-order chi connectivity index (χ1) is 21.7. The van der Waals surface area contributed by atoms with Crippen LogP contribution < -0.4 is 0 Å². The molecular weight excluding hydrogens is 573 g/mol. The summed E-state index contributed by atoms with van der Waals surface area (Å²) in [6.07, 6.45) is 0. The molecule has 7 aromatic carbocycles. The molecule has 44 heavy (non-hydrogen) atoms. The molecule has 2 heterocycles. The van der Waals surface area contributed by atoms with Gasteiger partial charge in [-0.05, 0) is 115 Å². The third-order valence-electron chi connectivity index (χ3n) is 8.56. The number of fused-ring (bicyclic) bond motifs is 5. The molecule has 0 bridgehead atoms. The van der Waals surface area contributed by atoms with E-state index in [9.17, 15) is 0 Å². The SMILES string of the molecule is c1cc(-c2ccc3c(ccc4cc(-c5cccc(-c6ccc7ncsc7c6)c5)ccc43)c2)cc(-c2ccc3ncsc3c2)c1. The van der Waals surface area contributed by atoms with Crippen LogP contribution >= 0.6 is 22.7 Å². The summed E-state index contributed by atoms with van der Waals surface area (Å²) in [5, 5.41) is 5.05. The molecule has 0 amide bonds. The van der Waals surface area contributed by atoms with Gasteiger partial charge in [0, 0.05) is 0 Å². The first kappa shape index (κ1) is 25.3. The average molecular weight is 597 g/mol. The molecule has 0 atom stereocenters. The number of aromatic nitrogens is 2. The van der Waals surface area contributed by atoms with E-state index in [2.05, 4.69) is 143 Å². The highest BCUT2D eigenvalue weighted by molar-refractivity contribution is 7.17. The largest absolute Gasteiger partial charge is 0.245 e. The Morgan fingerprint density at radius 1 is 0.341 bits per heavy atom. The van der Waals surface area contributed by atoms with Crippen LogP contribution in [0.5, 0.6) is 0 Å². The average Bonchev–Trinajstić information content (AvgIpc) is 3.77. The van der Waals surface area contributed by atoms with E-state index in [4.69, 9.17) is 0 Å². The van der Waals surface area contributed by atoms with Crippen molar-refractivity contribution in [2.75, 3.05) is 0 Å². The predicted molar refractivity (Wildman–Crippen MR) is 190 cm³/mol. The molecule has 0 saturated heterocycles. The second-order valence-electron chi connectivity index (χ2n) is 11.2. The number of benzene rings is 7. The maximum absolute atomic E-state index is 4.43. The Morgan fingerprint density at radius 3 is 1.18 bits per heavy atom. The van der Waals surface area contributed by atoms with Crippen LogP contribution in [0.3, 0.4) is 0 Å². The molecule has 0 radical (unpaired) electrons. The van der Waals surface area contributed by atoms with Gasteiger partial charge in [-0.3, -0.25) is 0 Å². The number of nitrogens with zero attached hydrogens (tertiary/aromatic N) is 2. The molecule has 4 heteroatoms. The molecule has 9 aromatic rings. The first-order valence-corrected chi connectivity index (χ1v) is 16.4. The molecule has 0 aliphatic rings. The molecule has 0 aliphatic carbocycles. The summed E-state index contributed by atoms with van der Waals surface area (Å²) < 4.78 is 2.44. The Kier molecular flexibility index (Phi) is 5.90. The topological polar surface area (TPSA) is 25.8 Å². The normalized spacial score (nSPS) is 11.6. The Labute approximate surface area is 262 Å². The molecule has 0 fully saturated rings. The molecule has 2 nitrogen and oxygen atoms in total. The Balaban J connectivity index is 1.05. The minimum atomic E-state index is 1.06. The van der Waals surface area contributed by atoms with Crippen molar-refractivity contribution >= 4 is 64.7 Å². The lowest BCUT2D eigenvalue weighted by molar-refractivity contribution is 1.50. The van der Waals surface area contributed by atoms with Gasteiger partial charge in [0.1, 0.15) is 0 Å². The van der Waals surface area contributed by atoms with Crippen LogP contribution in [0.2, 0.25) is 0 Å². The summed E-state index contributed by atoms with van der Waals surface area (Å²) in [5.74, 6) is 0. The van der Waals surface area contributed by atoms with Crippen molar-refractivity contribution in [3.63, 3.8) is 0 Å². The second-order valence-corrected chi connectivity index (χ2v) is 12.9. The van der Waals surface area contributed by atoms with Gasteiger partial charge < -0.3 is 0 Å². The van der Waals surface area contributed by atoms with Crippen molar-refractivity contribution in [1.29, 1.82) is 0 Å². The standard InChI is InChI=1S/C40H24N2S2/c1-3-25(17-27(5-1)31-11-15-37-39(21-31)43-23-41-37)29-9-13-35-33(19-29)7-8-34-20-30(10-14-36(34)35)26-4-2-6-28(18-26)32-12-16-38-40(22-32)44-24-42-38/h1-24H. The third-order valence-corrected chi connectivity index (χ3v) is 10.1. The molecule has 206 valence electrons. The maximum atomic E-state index is 4.43. The zero-order chi connectivity index (χ0) is 29.0. The quantitative estimate of drug-likeness (QED) is 0.189. The fourth-order valence-corrected chi connectivity index (χ4v) is 7.69. The lowest BCUT2D eigenvalue weighted by Crippen LogP contribution is -1.85. The van der Waals surface area contributed by atoms with Gasteiger partial charge in [0.2, 0.25) is 0 Å². The van der Waals surface area contributed by atoms with Crippen LogP contribution in [-0.4, -0.2) is 9.97 Å². The van der Waals surface area contributed by atoms with E-state index in [-0.39, 0.29) is 0 Å². The molecule has 0 spiro atoms. The number of hydrogen-bond acceptors (Lipinski definition) is 4. The zero-order valence-electron chi connectivity index (χ0n) is 23.6. The minimum Gasteiger partial charge on any atom is -0.245 e. The van der Waals surface area contributed by atoms with Crippen molar-refractivity contribution in [2.24, 2.45) is 0 Å². The van der Waals surface area contributed by atoms with Crippen molar-refractivity contribution in [3.8, 4) is 44.5 Å². The highest BCUT2D eigenvalue weighted by Gasteiger charge is 2.09. The van der Waals surface area contributed by atoms with Gasteiger partial charge in [0.15, 0.2) is 0 Å². The molecule has 0 N–H and O–H groups in total. The van der Waals surface area contributed by atoms with E-state index >= 15 is 0 Å². The summed E-state index contributed by atoms with van der Waals surface area (Å²) in [7, 11) is 0. The fraction of sp³-hybridized carbons (Fsp3) is 0. The van der Waals surface area contributed by atoms with Crippen LogP contribution in [0.1, 0.15) is 0 Å². The van der Waals surface area contributed by atoms with Crippen LogP contribution in [0.4, 0.5) is 0 Å². The summed E-state index contributed by atoms with van der Waals surface area (Å²) >= 11 is 3.37. The van der Waals surface area contributed by atoms with E-state index in [0.717, 1.165) is 11.0 Å². The molecular formula is C40H24N2S2. The van der Waals surface area contributed by atoms with Gasteiger partial charge in [0.05, 0.1) is 31.5 Å². The van der Waals surface area contributed by atoms with Gasteiger partial charge in [-0.2, -0.15) is 0 Å². The monoisotopic (exact) mass is 596 g/mol. The maximum Gasteiger partial charge on any atom is 0.0812 e. The van der Waals surface area contributed by atoms with Crippen LogP contribution in [-0.2, 0) is 0 Å².